The van der Waals surface area contributed by atoms with E-state index < -0.39 is 15.8 Å². The predicted molar refractivity (Wildman–Crippen MR) is 89.9 cm³/mol. The highest BCUT2D eigenvalue weighted by molar-refractivity contribution is 7.92. The summed E-state index contributed by atoms with van der Waals surface area (Å²) in [6.07, 6.45) is 0. The van der Waals surface area contributed by atoms with E-state index in [4.69, 9.17) is 0 Å². The third-order valence-electron chi connectivity index (χ3n) is 3.97. The van der Waals surface area contributed by atoms with E-state index in [0.717, 1.165) is 17.7 Å². The minimum atomic E-state index is -3.82. The van der Waals surface area contributed by atoms with Gasteiger partial charge in [-0.1, -0.05) is 13.8 Å². The number of benzene rings is 2. The smallest absolute Gasteiger partial charge is 0.261 e. The summed E-state index contributed by atoms with van der Waals surface area (Å²) in [5.74, 6) is -0.806. The van der Waals surface area contributed by atoms with E-state index in [9.17, 15) is 17.6 Å². The summed E-state index contributed by atoms with van der Waals surface area (Å²) in [5, 5.41) is 2.80. The zero-order chi connectivity index (χ0) is 17.5. The highest BCUT2D eigenvalue weighted by Gasteiger charge is 2.33. The molecule has 24 heavy (non-hydrogen) atoms. The van der Waals surface area contributed by atoms with Gasteiger partial charge >= 0.3 is 0 Å². The fourth-order valence-electron chi connectivity index (χ4n) is 2.84. The zero-order valence-electron chi connectivity index (χ0n) is 13.2. The number of halogens is 1. The summed E-state index contributed by atoms with van der Waals surface area (Å²) in [5.41, 5.74) is 1.83. The topological polar surface area (TPSA) is 75.3 Å². The number of fused-ring (bicyclic) bond motifs is 1. The first-order chi connectivity index (χ1) is 11.3. The van der Waals surface area contributed by atoms with E-state index in [0.29, 0.717) is 11.4 Å². The second kappa shape index (κ2) is 5.90. The summed E-state index contributed by atoms with van der Waals surface area (Å²) in [7, 11) is -3.82. The number of hydrogen-bond donors (Lipinski definition) is 2. The number of carbonyl (C=O) groups is 1. The van der Waals surface area contributed by atoms with Crippen LogP contribution in [0.2, 0.25) is 0 Å². The van der Waals surface area contributed by atoms with Crippen LogP contribution in [0.25, 0.3) is 0 Å². The fraction of sp³-hybridized carbons (Fsp3) is 0.235. The second-order valence-electron chi connectivity index (χ2n) is 6.07. The molecule has 0 radical (unpaired) electrons. The molecule has 2 aromatic carbocycles. The van der Waals surface area contributed by atoms with Gasteiger partial charge in [0.25, 0.3) is 10.0 Å². The maximum Gasteiger partial charge on any atom is 0.261 e. The average molecular weight is 348 g/mol. The first-order valence-corrected chi connectivity index (χ1v) is 8.99. The number of rotatable bonds is 4. The predicted octanol–water partition coefficient (Wildman–Crippen LogP) is 3.32. The van der Waals surface area contributed by atoms with Gasteiger partial charge in [-0.25, -0.2) is 12.8 Å². The fourth-order valence-corrected chi connectivity index (χ4v) is 3.89. The molecule has 7 heteroatoms. The molecule has 1 aliphatic heterocycles. The van der Waals surface area contributed by atoms with Crippen molar-refractivity contribution in [3.63, 3.8) is 0 Å². The van der Waals surface area contributed by atoms with Gasteiger partial charge in [-0.3, -0.25) is 9.52 Å². The van der Waals surface area contributed by atoms with Crippen LogP contribution in [0.5, 0.6) is 0 Å². The molecule has 126 valence electrons. The molecule has 0 saturated heterocycles. The molecule has 0 aliphatic carbocycles. The van der Waals surface area contributed by atoms with Crippen molar-refractivity contribution in [2.45, 2.75) is 24.7 Å². The van der Waals surface area contributed by atoms with Crippen molar-refractivity contribution in [2.75, 3.05) is 10.0 Å². The van der Waals surface area contributed by atoms with Gasteiger partial charge in [-0.05, 0) is 53.9 Å². The van der Waals surface area contributed by atoms with Gasteiger partial charge in [-0.15, -0.1) is 0 Å². The van der Waals surface area contributed by atoms with Gasteiger partial charge in [0.15, 0.2) is 0 Å². The number of amides is 1. The molecule has 5 nitrogen and oxygen atoms in total. The minimum absolute atomic E-state index is 0.0287. The normalized spacial score (nSPS) is 16.8. The van der Waals surface area contributed by atoms with Crippen LogP contribution in [0, 0.1) is 11.7 Å². The van der Waals surface area contributed by atoms with Gasteiger partial charge < -0.3 is 5.32 Å². The minimum Gasteiger partial charge on any atom is -0.325 e. The van der Waals surface area contributed by atoms with E-state index >= 15 is 0 Å². The van der Waals surface area contributed by atoms with Crippen molar-refractivity contribution in [1.29, 1.82) is 0 Å². The molecule has 0 saturated carbocycles. The van der Waals surface area contributed by atoms with Crippen LogP contribution in [0.4, 0.5) is 15.8 Å². The number of sulfonamides is 1. The largest absolute Gasteiger partial charge is 0.325 e. The first-order valence-electron chi connectivity index (χ1n) is 7.51. The third-order valence-corrected chi connectivity index (χ3v) is 5.37. The standard InChI is InChI=1S/C17H17FN2O3S/c1-10(2)16-14-9-12(5-8-15(14)19-17(16)21)20-24(22,23)13-6-3-11(18)4-7-13/h3-10,16,20H,1-2H3,(H,19,21). The van der Waals surface area contributed by atoms with Crippen molar-refractivity contribution in [2.24, 2.45) is 5.92 Å². The molecule has 1 amide bonds. The SMILES string of the molecule is CC(C)C1C(=O)Nc2ccc(NS(=O)(=O)c3ccc(F)cc3)cc21. The Labute approximate surface area is 139 Å². The van der Waals surface area contributed by atoms with E-state index in [-0.39, 0.29) is 22.6 Å². The summed E-state index contributed by atoms with van der Waals surface area (Å²) in [6.45, 7) is 3.88. The van der Waals surface area contributed by atoms with Crippen molar-refractivity contribution in [3.05, 3.63) is 53.8 Å². The molecule has 2 N–H and O–H groups in total. The Morgan fingerprint density at radius 2 is 1.79 bits per heavy atom. The van der Waals surface area contributed by atoms with Gasteiger partial charge in [0.05, 0.1) is 10.8 Å². The van der Waals surface area contributed by atoms with Crippen LogP contribution in [-0.4, -0.2) is 14.3 Å². The summed E-state index contributed by atoms with van der Waals surface area (Å²) < 4.78 is 40.2. The van der Waals surface area contributed by atoms with Crippen LogP contribution in [0.15, 0.2) is 47.4 Å². The van der Waals surface area contributed by atoms with Gasteiger partial charge in [0.1, 0.15) is 5.82 Å². The third kappa shape index (κ3) is 2.99. The second-order valence-corrected chi connectivity index (χ2v) is 7.75. The molecule has 0 aromatic heterocycles. The molecule has 2 aromatic rings. The molecule has 0 fully saturated rings. The van der Waals surface area contributed by atoms with Crippen molar-refractivity contribution in [1.82, 2.24) is 0 Å². The van der Waals surface area contributed by atoms with Crippen molar-refractivity contribution >= 4 is 27.3 Å². The highest BCUT2D eigenvalue weighted by atomic mass is 32.2. The van der Waals surface area contributed by atoms with E-state index in [1.54, 1.807) is 18.2 Å². The Balaban J connectivity index is 1.92. The first kappa shape index (κ1) is 16.4. The number of nitrogens with one attached hydrogen (secondary N) is 2. The Hall–Kier alpha value is -2.41. The van der Waals surface area contributed by atoms with Crippen LogP contribution in [0.3, 0.4) is 0 Å². The van der Waals surface area contributed by atoms with E-state index in [1.165, 1.54) is 12.1 Å². The van der Waals surface area contributed by atoms with E-state index in [2.05, 4.69) is 10.0 Å². The summed E-state index contributed by atoms with van der Waals surface area (Å²) >= 11 is 0. The number of carbonyl (C=O) groups excluding carboxylic acids is 1. The zero-order valence-corrected chi connectivity index (χ0v) is 14.0. The molecule has 3 rings (SSSR count). The summed E-state index contributed by atoms with van der Waals surface area (Å²) in [4.78, 5) is 12.0. The van der Waals surface area contributed by atoms with Crippen LogP contribution < -0.4 is 10.0 Å². The molecular weight excluding hydrogens is 331 g/mol. The summed E-state index contributed by atoms with van der Waals surface area (Å²) in [6, 6.07) is 9.52. The molecule has 1 atom stereocenters. The monoisotopic (exact) mass is 348 g/mol. The Bertz CT molecular complexity index is 893. The van der Waals surface area contributed by atoms with Gasteiger partial charge in [0, 0.05) is 11.4 Å². The molecule has 1 unspecified atom stereocenters. The average Bonchev–Trinajstić information content (AvgIpc) is 2.82. The molecular formula is C17H17FN2O3S. The Kier molecular flexibility index (Phi) is 4.04. The van der Waals surface area contributed by atoms with Crippen molar-refractivity contribution in [3.8, 4) is 0 Å². The molecule has 0 bridgehead atoms. The van der Waals surface area contributed by atoms with Crippen LogP contribution >= 0.6 is 0 Å². The van der Waals surface area contributed by atoms with Gasteiger partial charge in [0.2, 0.25) is 5.91 Å². The Morgan fingerprint density at radius 3 is 2.42 bits per heavy atom. The number of hydrogen-bond acceptors (Lipinski definition) is 3. The van der Waals surface area contributed by atoms with Crippen LogP contribution in [0.1, 0.15) is 25.3 Å². The molecule has 0 spiro atoms. The maximum absolute atomic E-state index is 13.0. The Morgan fingerprint density at radius 1 is 1.12 bits per heavy atom. The lowest BCUT2D eigenvalue weighted by atomic mass is 9.89. The lowest BCUT2D eigenvalue weighted by molar-refractivity contribution is -0.117. The van der Waals surface area contributed by atoms with E-state index in [1.807, 2.05) is 13.8 Å². The quantitative estimate of drug-likeness (QED) is 0.890. The van der Waals surface area contributed by atoms with Crippen molar-refractivity contribution < 1.29 is 17.6 Å². The lowest BCUT2D eigenvalue weighted by Crippen LogP contribution is -2.17. The molecule has 1 heterocycles. The lowest BCUT2D eigenvalue weighted by Gasteiger charge is -2.14. The molecule has 1 aliphatic rings. The maximum atomic E-state index is 13.0. The van der Waals surface area contributed by atoms with Gasteiger partial charge in [-0.2, -0.15) is 0 Å². The highest BCUT2D eigenvalue weighted by Crippen LogP contribution is 2.38. The van der Waals surface area contributed by atoms with Crippen LogP contribution in [-0.2, 0) is 14.8 Å². The number of anilines is 2.